The first-order valence-corrected chi connectivity index (χ1v) is 8.51. The van der Waals surface area contributed by atoms with E-state index in [1.54, 1.807) is 0 Å². The minimum Gasteiger partial charge on any atom is -0.320 e. The van der Waals surface area contributed by atoms with Crippen molar-refractivity contribution < 1.29 is 0 Å². The van der Waals surface area contributed by atoms with Crippen LogP contribution in [0.1, 0.15) is 29.3 Å². The molecular weight excluding hydrogens is 296 g/mol. The molecule has 4 nitrogen and oxygen atoms in total. The average molecular weight is 320 g/mol. The molecular formula is C20H24N4. The van der Waals surface area contributed by atoms with E-state index in [1.807, 2.05) is 17.9 Å². The predicted octanol–water partition coefficient (Wildman–Crippen LogP) is 3.69. The fraction of sp³-hybridized carbons (Fsp3) is 0.350. The Morgan fingerprint density at radius 1 is 1.25 bits per heavy atom. The van der Waals surface area contributed by atoms with Crippen molar-refractivity contribution >= 4 is 22.7 Å². The Bertz CT molecular complexity index is 942. The molecule has 0 N–H and O–H groups in total. The van der Waals surface area contributed by atoms with Gasteiger partial charge >= 0.3 is 0 Å². The third-order valence-electron chi connectivity index (χ3n) is 5.02. The van der Waals surface area contributed by atoms with Crippen molar-refractivity contribution in [3.8, 4) is 0 Å². The normalized spacial score (nSPS) is 15.9. The highest BCUT2D eigenvalue weighted by atomic mass is 15.2. The van der Waals surface area contributed by atoms with Crippen LogP contribution in [0.4, 0.5) is 0 Å². The van der Waals surface area contributed by atoms with E-state index >= 15 is 0 Å². The van der Waals surface area contributed by atoms with Gasteiger partial charge in [-0.1, -0.05) is 11.6 Å². The summed E-state index contributed by atoms with van der Waals surface area (Å²) in [5.74, 6) is 0. The van der Waals surface area contributed by atoms with Gasteiger partial charge in [0, 0.05) is 55.6 Å². The Morgan fingerprint density at radius 2 is 2.08 bits per heavy atom. The van der Waals surface area contributed by atoms with Gasteiger partial charge in [-0.05, 0) is 44.2 Å². The Morgan fingerprint density at radius 3 is 2.83 bits per heavy atom. The molecule has 0 amide bonds. The first-order chi connectivity index (χ1) is 11.5. The van der Waals surface area contributed by atoms with Gasteiger partial charge in [0.15, 0.2) is 0 Å². The maximum absolute atomic E-state index is 4.30. The molecule has 1 aliphatic rings. The molecule has 1 aliphatic heterocycles. The number of rotatable bonds is 2. The monoisotopic (exact) mass is 320 g/mol. The fourth-order valence-corrected chi connectivity index (χ4v) is 3.68. The smallest absolute Gasteiger partial charge is 0.0565 e. The number of likely N-dealkylation sites (N-methyl/N-ethyl adjacent to an activating group) is 1. The maximum atomic E-state index is 4.30. The van der Waals surface area contributed by atoms with Crippen LogP contribution in [-0.2, 0) is 20.0 Å². The Kier molecular flexibility index (Phi) is 3.57. The van der Waals surface area contributed by atoms with Crippen molar-refractivity contribution in [2.45, 2.75) is 26.8 Å². The molecule has 0 saturated heterocycles. The topological polar surface area (TPSA) is 26.0 Å². The Balaban J connectivity index is 1.92. The molecule has 124 valence electrons. The van der Waals surface area contributed by atoms with Gasteiger partial charge in [-0.3, -0.25) is 4.68 Å². The highest BCUT2D eigenvalue weighted by molar-refractivity contribution is 5.90. The number of benzene rings is 1. The second-order valence-electron chi connectivity index (χ2n) is 7.02. The van der Waals surface area contributed by atoms with Crippen LogP contribution in [-0.4, -0.2) is 32.8 Å². The first kappa shape index (κ1) is 15.2. The van der Waals surface area contributed by atoms with Gasteiger partial charge in [0.1, 0.15) is 0 Å². The van der Waals surface area contributed by atoms with Crippen LogP contribution in [0, 0.1) is 6.92 Å². The predicted molar refractivity (Wildman–Crippen MR) is 99.8 cm³/mol. The van der Waals surface area contributed by atoms with E-state index in [1.165, 1.54) is 38.9 Å². The maximum Gasteiger partial charge on any atom is 0.0565 e. The summed E-state index contributed by atoms with van der Waals surface area (Å²) in [5.41, 5.74) is 7.98. The van der Waals surface area contributed by atoms with Crippen LogP contribution < -0.4 is 0 Å². The minimum atomic E-state index is 1.03. The Labute approximate surface area is 143 Å². The van der Waals surface area contributed by atoms with Crippen LogP contribution in [0.3, 0.4) is 0 Å². The molecule has 24 heavy (non-hydrogen) atoms. The molecule has 4 heteroatoms. The lowest BCUT2D eigenvalue weighted by Gasteiger charge is -2.23. The zero-order valence-electron chi connectivity index (χ0n) is 14.9. The lowest BCUT2D eigenvalue weighted by atomic mass is 10.0. The van der Waals surface area contributed by atoms with Gasteiger partial charge in [0.25, 0.3) is 0 Å². The summed E-state index contributed by atoms with van der Waals surface area (Å²) in [7, 11) is 4.17. The summed E-state index contributed by atoms with van der Waals surface area (Å²) < 4.78 is 4.26. The number of hydrogen-bond acceptors (Lipinski definition) is 2. The van der Waals surface area contributed by atoms with Gasteiger partial charge in [-0.15, -0.1) is 0 Å². The number of hydrogen-bond donors (Lipinski definition) is 0. The van der Waals surface area contributed by atoms with Crippen LogP contribution in [0.15, 0.2) is 30.6 Å². The van der Waals surface area contributed by atoms with Crippen LogP contribution in [0.2, 0.25) is 0 Å². The highest BCUT2D eigenvalue weighted by Gasteiger charge is 2.21. The molecule has 2 aromatic heterocycles. The molecule has 0 aliphatic carbocycles. The molecule has 3 heterocycles. The summed E-state index contributed by atoms with van der Waals surface area (Å²) in [5, 5.41) is 5.69. The number of nitrogens with zero attached hydrogens (tertiary/aromatic N) is 4. The van der Waals surface area contributed by atoms with Gasteiger partial charge in [0.2, 0.25) is 0 Å². The third-order valence-corrected chi connectivity index (χ3v) is 5.02. The zero-order valence-corrected chi connectivity index (χ0v) is 14.9. The molecule has 0 radical (unpaired) electrons. The second-order valence-corrected chi connectivity index (χ2v) is 7.02. The standard InChI is InChI=1S/C20H24N4/c1-14-5-6-19-17(9-14)18-13-22(3)8-7-20(18)24(19)11-15(2)16-10-21-23(4)12-16/h5-6,9-12H,7-8,13H2,1-4H3/b15-11-. The largest absolute Gasteiger partial charge is 0.320 e. The molecule has 3 aromatic rings. The van der Waals surface area contributed by atoms with E-state index in [0.29, 0.717) is 0 Å². The van der Waals surface area contributed by atoms with Crippen LogP contribution >= 0.6 is 0 Å². The minimum absolute atomic E-state index is 1.03. The number of allylic oxidation sites excluding steroid dienone is 1. The zero-order chi connectivity index (χ0) is 16.8. The lowest BCUT2D eigenvalue weighted by Crippen LogP contribution is -2.26. The van der Waals surface area contributed by atoms with Crippen LogP contribution in [0.5, 0.6) is 0 Å². The first-order valence-electron chi connectivity index (χ1n) is 8.51. The van der Waals surface area contributed by atoms with Gasteiger partial charge in [-0.2, -0.15) is 5.10 Å². The summed E-state index contributed by atoms with van der Waals surface area (Å²) >= 11 is 0. The quantitative estimate of drug-likeness (QED) is 0.720. The van der Waals surface area contributed by atoms with E-state index in [2.05, 4.69) is 66.1 Å². The lowest BCUT2D eigenvalue weighted by molar-refractivity contribution is 0.312. The molecule has 0 bridgehead atoms. The summed E-state index contributed by atoms with van der Waals surface area (Å²) in [6.45, 7) is 6.48. The molecule has 1 aromatic carbocycles. The van der Waals surface area contributed by atoms with Gasteiger partial charge in [0.05, 0.1) is 11.7 Å². The van der Waals surface area contributed by atoms with E-state index in [-0.39, 0.29) is 0 Å². The number of fused-ring (bicyclic) bond motifs is 3. The SMILES string of the molecule is C/C(=C/n1c2c(c3cc(C)ccc31)CN(C)CC2)c1cnn(C)c1. The third kappa shape index (κ3) is 2.47. The highest BCUT2D eigenvalue weighted by Crippen LogP contribution is 2.32. The van der Waals surface area contributed by atoms with E-state index in [0.717, 1.165) is 19.5 Å². The van der Waals surface area contributed by atoms with Crippen molar-refractivity contribution in [1.82, 2.24) is 19.2 Å². The Hall–Kier alpha value is -2.33. The molecule has 0 fully saturated rings. The van der Waals surface area contributed by atoms with E-state index in [9.17, 15) is 0 Å². The number of aromatic nitrogens is 3. The molecule has 4 rings (SSSR count). The van der Waals surface area contributed by atoms with Crippen molar-refractivity contribution in [3.63, 3.8) is 0 Å². The average Bonchev–Trinajstić information content (AvgIpc) is 3.10. The summed E-state index contributed by atoms with van der Waals surface area (Å²) in [6.07, 6.45) is 7.37. The molecule has 0 saturated carbocycles. The van der Waals surface area contributed by atoms with Crippen molar-refractivity contribution in [2.24, 2.45) is 7.05 Å². The fourth-order valence-electron chi connectivity index (χ4n) is 3.68. The molecule has 0 unspecified atom stereocenters. The van der Waals surface area contributed by atoms with E-state index < -0.39 is 0 Å². The van der Waals surface area contributed by atoms with Gasteiger partial charge in [-0.25, -0.2) is 0 Å². The van der Waals surface area contributed by atoms with Gasteiger partial charge < -0.3 is 9.47 Å². The second kappa shape index (κ2) is 5.64. The van der Waals surface area contributed by atoms with Crippen LogP contribution in [0.25, 0.3) is 22.7 Å². The van der Waals surface area contributed by atoms with Crippen molar-refractivity contribution in [2.75, 3.05) is 13.6 Å². The molecule has 0 atom stereocenters. The van der Waals surface area contributed by atoms with E-state index in [4.69, 9.17) is 0 Å². The van der Waals surface area contributed by atoms with Crippen molar-refractivity contribution in [3.05, 3.63) is 53.0 Å². The number of aryl methyl sites for hydroxylation is 2. The molecule has 0 spiro atoms. The summed E-state index contributed by atoms with van der Waals surface area (Å²) in [4.78, 5) is 2.41. The van der Waals surface area contributed by atoms with Crippen molar-refractivity contribution in [1.29, 1.82) is 0 Å². The summed E-state index contributed by atoms with van der Waals surface area (Å²) in [6, 6.07) is 6.80.